The highest BCUT2D eigenvalue weighted by atomic mass is 32.2. The zero-order valence-corrected chi connectivity index (χ0v) is 11.8. The molecule has 0 saturated carbocycles. The monoisotopic (exact) mass is 281 g/mol. The van der Waals surface area contributed by atoms with Gasteiger partial charge < -0.3 is 5.11 Å². The van der Waals surface area contributed by atoms with Crippen LogP contribution >= 0.6 is 0 Å². The third kappa shape index (κ3) is 3.43. The summed E-state index contributed by atoms with van der Waals surface area (Å²) < 4.78 is 25.3. The Kier molecular flexibility index (Phi) is 4.08. The molecule has 0 aromatic heterocycles. The molecule has 0 aliphatic carbocycles. The fourth-order valence-electron chi connectivity index (χ4n) is 2.23. The topological polar surface area (TPSA) is 57.6 Å². The molecule has 0 bridgehead atoms. The third-order valence-electron chi connectivity index (χ3n) is 3.25. The average Bonchev–Trinajstić information content (AvgIpc) is 2.35. The fourth-order valence-corrected chi connectivity index (χ4v) is 3.57. The number of hydrogen-bond donors (Lipinski definition) is 1. The lowest BCUT2D eigenvalue weighted by atomic mass is 9.92. The molecule has 1 fully saturated rings. The maximum atomic E-state index is 12.0. The fraction of sp³-hybridized carbons (Fsp3) is 0.429. The van der Waals surface area contributed by atoms with Crippen LogP contribution in [-0.4, -0.2) is 36.5 Å². The van der Waals surface area contributed by atoms with Crippen molar-refractivity contribution in [3.8, 4) is 0 Å². The lowest BCUT2D eigenvalue weighted by Crippen LogP contribution is -2.62. The second-order valence-corrected chi connectivity index (χ2v) is 6.82. The minimum absolute atomic E-state index is 0.197. The number of β-amino-alcohol motifs (C(OH)–C–C–N with tert-alkyl or cyclic N) is 1. The second-order valence-electron chi connectivity index (χ2n) is 5.00. The van der Waals surface area contributed by atoms with Crippen LogP contribution in [0.15, 0.2) is 35.7 Å². The van der Waals surface area contributed by atoms with Gasteiger partial charge in [0.05, 0.1) is 5.60 Å². The molecule has 2 rings (SSSR count). The van der Waals surface area contributed by atoms with Gasteiger partial charge in [0.2, 0.25) is 10.0 Å². The lowest BCUT2D eigenvalue weighted by molar-refractivity contribution is -0.0648. The highest BCUT2D eigenvalue weighted by molar-refractivity contribution is 7.92. The van der Waals surface area contributed by atoms with Crippen molar-refractivity contribution in [1.29, 1.82) is 0 Å². The molecule has 0 amide bonds. The quantitative estimate of drug-likeness (QED) is 0.896. The lowest BCUT2D eigenvalue weighted by Gasteiger charge is -2.44. The smallest absolute Gasteiger partial charge is 0.236 e. The Labute approximate surface area is 114 Å². The number of benzene rings is 1. The van der Waals surface area contributed by atoms with Crippen LogP contribution in [0.3, 0.4) is 0 Å². The summed E-state index contributed by atoms with van der Waals surface area (Å²) in [5.74, 6) is 0. The molecule has 1 N–H and O–H groups in total. The van der Waals surface area contributed by atoms with Crippen LogP contribution in [0.2, 0.25) is 0 Å². The largest absolute Gasteiger partial charge is 0.387 e. The first-order chi connectivity index (χ1) is 8.95. The summed E-state index contributed by atoms with van der Waals surface area (Å²) in [7, 11) is -3.42. The van der Waals surface area contributed by atoms with E-state index < -0.39 is 15.6 Å². The normalized spacial score (nSPS) is 19.5. The average molecular weight is 281 g/mol. The van der Waals surface area contributed by atoms with Gasteiger partial charge in [-0.05, 0) is 18.1 Å². The van der Waals surface area contributed by atoms with Gasteiger partial charge in [-0.25, -0.2) is 8.42 Å². The molecular formula is C14H19NO3S. The predicted octanol–water partition coefficient (Wildman–Crippen LogP) is 1.83. The SMILES string of the molecule is CCCC1(O)CN(S(=O)(=O)C=Cc2ccccc2)C1. The minimum atomic E-state index is -3.42. The Bertz CT molecular complexity index is 545. The van der Waals surface area contributed by atoms with Gasteiger partial charge >= 0.3 is 0 Å². The van der Waals surface area contributed by atoms with Gasteiger partial charge in [-0.3, -0.25) is 0 Å². The first-order valence-corrected chi connectivity index (χ1v) is 7.91. The van der Waals surface area contributed by atoms with Crippen molar-refractivity contribution in [3.05, 3.63) is 41.3 Å². The first-order valence-electron chi connectivity index (χ1n) is 6.41. The van der Waals surface area contributed by atoms with Crippen LogP contribution in [0.4, 0.5) is 0 Å². The molecule has 1 aliphatic heterocycles. The molecule has 1 heterocycles. The molecular weight excluding hydrogens is 262 g/mol. The van der Waals surface area contributed by atoms with Gasteiger partial charge in [0, 0.05) is 18.5 Å². The summed E-state index contributed by atoms with van der Waals surface area (Å²) in [6.45, 7) is 2.37. The van der Waals surface area contributed by atoms with Gasteiger partial charge in [-0.15, -0.1) is 0 Å². The highest BCUT2D eigenvalue weighted by Crippen LogP contribution is 2.28. The molecule has 0 radical (unpaired) electrons. The van der Waals surface area contributed by atoms with Gasteiger partial charge in [0.25, 0.3) is 0 Å². The van der Waals surface area contributed by atoms with E-state index in [1.54, 1.807) is 6.08 Å². The standard InChI is InChI=1S/C14H19NO3S/c1-2-9-14(16)11-15(12-14)19(17,18)10-8-13-6-4-3-5-7-13/h3-8,10,16H,2,9,11-12H2,1H3. The summed E-state index contributed by atoms with van der Waals surface area (Å²) in [5, 5.41) is 11.2. The van der Waals surface area contributed by atoms with E-state index in [9.17, 15) is 13.5 Å². The number of hydrogen-bond acceptors (Lipinski definition) is 3. The van der Waals surface area contributed by atoms with Gasteiger partial charge in [0.15, 0.2) is 0 Å². The Balaban J connectivity index is 2.00. The zero-order valence-electron chi connectivity index (χ0n) is 11.0. The molecule has 104 valence electrons. The van der Waals surface area contributed by atoms with Crippen LogP contribution in [0.1, 0.15) is 25.3 Å². The number of nitrogens with zero attached hydrogens (tertiary/aromatic N) is 1. The molecule has 1 aromatic rings. The molecule has 4 nitrogen and oxygen atoms in total. The van der Waals surface area contributed by atoms with E-state index in [1.807, 2.05) is 37.3 Å². The molecule has 19 heavy (non-hydrogen) atoms. The Morgan fingerprint density at radius 2 is 1.95 bits per heavy atom. The Morgan fingerprint density at radius 1 is 1.32 bits per heavy atom. The van der Waals surface area contributed by atoms with Crippen molar-refractivity contribution in [2.45, 2.75) is 25.4 Å². The van der Waals surface area contributed by atoms with E-state index in [0.29, 0.717) is 6.42 Å². The second kappa shape index (κ2) is 5.45. The number of aliphatic hydroxyl groups is 1. The number of rotatable bonds is 5. The molecule has 5 heteroatoms. The van der Waals surface area contributed by atoms with Gasteiger partial charge in [-0.1, -0.05) is 43.7 Å². The Hall–Kier alpha value is -1.17. The predicted molar refractivity (Wildman–Crippen MR) is 75.8 cm³/mol. The van der Waals surface area contributed by atoms with E-state index in [2.05, 4.69) is 0 Å². The van der Waals surface area contributed by atoms with Crippen LogP contribution < -0.4 is 0 Å². The summed E-state index contributed by atoms with van der Waals surface area (Å²) in [6.07, 6.45) is 3.07. The molecule has 0 unspecified atom stereocenters. The molecule has 1 aliphatic rings. The summed E-state index contributed by atoms with van der Waals surface area (Å²) >= 11 is 0. The zero-order chi connectivity index (χ0) is 13.9. The minimum Gasteiger partial charge on any atom is -0.387 e. The van der Waals surface area contributed by atoms with Crippen LogP contribution in [-0.2, 0) is 10.0 Å². The van der Waals surface area contributed by atoms with Gasteiger partial charge in [-0.2, -0.15) is 4.31 Å². The van der Waals surface area contributed by atoms with Crippen LogP contribution in [0, 0.1) is 0 Å². The van der Waals surface area contributed by atoms with Crippen molar-refractivity contribution >= 4 is 16.1 Å². The van der Waals surface area contributed by atoms with Crippen LogP contribution in [0.5, 0.6) is 0 Å². The maximum Gasteiger partial charge on any atom is 0.236 e. The van der Waals surface area contributed by atoms with E-state index in [4.69, 9.17) is 0 Å². The van der Waals surface area contributed by atoms with Crippen molar-refractivity contribution in [2.24, 2.45) is 0 Å². The third-order valence-corrected chi connectivity index (χ3v) is 4.71. The summed E-state index contributed by atoms with van der Waals surface area (Å²) in [6, 6.07) is 9.28. The van der Waals surface area contributed by atoms with E-state index in [0.717, 1.165) is 12.0 Å². The van der Waals surface area contributed by atoms with Crippen molar-refractivity contribution in [2.75, 3.05) is 13.1 Å². The van der Waals surface area contributed by atoms with E-state index in [-0.39, 0.29) is 13.1 Å². The van der Waals surface area contributed by atoms with Crippen molar-refractivity contribution < 1.29 is 13.5 Å². The highest BCUT2D eigenvalue weighted by Gasteiger charge is 2.45. The molecule has 1 aromatic carbocycles. The first kappa shape index (κ1) is 14.2. The maximum absolute atomic E-state index is 12.0. The van der Waals surface area contributed by atoms with E-state index in [1.165, 1.54) is 9.71 Å². The van der Waals surface area contributed by atoms with Gasteiger partial charge in [0.1, 0.15) is 0 Å². The summed E-state index contributed by atoms with van der Waals surface area (Å²) in [4.78, 5) is 0. The van der Waals surface area contributed by atoms with E-state index >= 15 is 0 Å². The van der Waals surface area contributed by atoms with Crippen LogP contribution in [0.25, 0.3) is 6.08 Å². The molecule has 0 spiro atoms. The van der Waals surface area contributed by atoms with Crippen molar-refractivity contribution in [1.82, 2.24) is 4.31 Å². The Morgan fingerprint density at radius 3 is 2.53 bits per heavy atom. The summed E-state index contributed by atoms with van der Waals surface area (Å²) in [5.41, 5.74) is 0.0120. The molecule has 0 atom stereocenters. The molecule has 1 saturated heterocycles. The number of sulfonamides is 1. The van der Waals surface area contributed by atoms with Crippen molar-refractivity contribution in [3.63, 3.8) is 0 Å².